The number of nitrogens with zero attached hydrogens (tertiary/aromatic N) is 6. The summed E-state index contributed by atoms with van der Waals surface area (Å²) in [5, 5.41) is 23.3. The predicted molar refractivity (Wildman–Crippen MR) is 142 cm³/mol. The molecule has 0 atom stereocenters. The van der Waals surface area contributed by atoms with Gasteiger partial charge < -0.3 is 14.4 Å². The summed E-state index contributed by atoms with van der Waals surface area (Å²) in [7, 11) is 0. The first kappa shape index (κ1) is 25.6. The Hall–Kier alpha value is -3.07. The van der Waals surface area contributed by atoms with Gasteiger partial charge >= 0.3 is 0 Å². The van der Waals surface area contributed by atoms with Gasteiger partial charge in [0.05, 0.1) is 11.8 Å². The number of piperidine rings is 1. The Kier molecular flexibility index (Phi) is 8.95. The van der Waals surface area contributed by atoms with Gasteiger partial charge in [-0.15, -0.1) is 15.3 Å². The molecule has 2 aromatic heterocycles. The second-order valence-electron chi connectivity index (χ2n) is 10.3. The van der Waals surface area contributed by atoms with E-state index in [2.05, 4.69) is 73.0 Å². The lowest BCUT2D eigenvalue weighted by molar-refractivity contribution is 0.0963. The summed E-state index contributed by atoms with van der Waals surface area (Å²) < 4.78 is 12.6. The largest absolute Gasteiger partial charge is 0.490 e. The van der Waals surface area contributed by atoms with E-state index in [1.165, 1.54) is 19.3 Å². The molecule has 0 bridgehead atoms. The van der Waals surface area contributed by atoms with Crippen molar-refractivity contribution < 1.29 is 9.47 Å². The molecule has 1 saturated heterocycles. The van der Waals surface area contributed by atoms with Crippen LogP contribution < -0.4 is 9.47 Å². The molecule has 1 aromatic carbocycles. The number of aromatic amines is 1. The van der Waals surface area contributed by atoms with Crippen molar-refractivity contribution in [1.29, 1.82) is 0 Å². The van der Waals surface area contributed by atoms with Crippen LogP contribution in [0.5, 0.6) is 11.6 Å². The van der Waals surface area contributed by atoms with Gasteiger partial charge in [0.2, 0.25) is 5.88 Å². The van der Waals surface area contributed by atoms with Gasteiger partial charge in [0.25, 0.3) is 0 Å². The van der Waals surface area contributed by atoms with Crippen molar-refractivity contribution in [3.8, 4) is 22.8 Å². The Morgan fingerprint density at radius 1 is 0.892 bits per heavy atom. The molecule has 198 valence electrons. The Bertz CT molecular complexity index is 1080. The van der Waals surface area contributed by atoms with Gasteiger partial charge in [0, 0.05) is 37.7 Å². The molecule has 1 aliphatic carbocycles. The van der Waals surface area contributed by atoms with Crippen LogP contribution in [0.4, 0.5) is 0 Å². The monoisotopic (exact) mass is 505 g/mol. The first-order chi connectivity index (χ1) is 18.3. The molecule has 2 aliphatic rings. The summed E-state index contributed by atoms with van der Waals surface area (Å²) in [5.74, 6) is 2.33. The molecule has 3 aromatic rings. The lowest BCUT2D eigenvalue weighted by Crippen LogP contribution is -2.39. The molecule has 9 heteroatoms. The summed E-state index contributed by atoms with van der Waals surface area (Å²) in [4.78, 5) is 2.43. The molecule has 0 spiro atoms. The smallest absolute Gasteiger partial charge is 0.234 e. The third kappa shape index (κ3) is 7.25. The molecule has 0 unspecified atom stereocenters. The Morgan fingerprint density at radius 3 is 2.41 bits per heavy atom. The van der Waals surface area contributed by atoms with Crippen molar-refractivity contribution in [3.05, 3.63) is 41.9 Å². The minimum atomic E-state index is 0.149. The number of H-pyrrole nitrogens is 1. The van der Waals surface area contributed by atoms with Gasteiger partial charge in [-0.25, -0.2) is 0 Å². The minimum Gasteiger partial charge on any atom is -0.490 e. The van der Waals surface area contributed by atoms with Crippen LogP contribution in [0.15, 0.2) is 30.3 Å². The van der Waals surface area contributed by atoms with Crippen LogP contribution in [0.25, 0.3) is 11.1 Å². The maximum atomic E-state index is 6.34. The SMILES string of the molecule is CCCCc1nnc(OC2CCN(CCc3nn[nH]n3)CC2)cc1-c1ccc(OC2CCCCC2)cc1. The summed E-state index contributed by atoms with van der Waals surface area (Å²) >= 11 is 0. The van der Waals surface area contributed by atoms with E-state index in [1.54, 1.807) is 0 Å². The molecule has 1 saturated carbocycles. The fourth-order valence-corrected chi connectivity index (χ4v) is 5.29. The van der Waals surface area contributed by atoms with Crippen LogP contribution in [0.3, 0.4) is 0 Å². The summed E-state index contributed by atoms with van der Waals surface area (Å²) in [5.41, 5.74) is 3.28. The number of unbranched alkanes of at least 4 members (excludes halogenated alkanes) is 1. The lowest BCUT2D eigenvalue weighted by atomic mass is 9.97. The predicted octanol–water partition coefficient (Wildman–Crippen LogP) is 4.80. The zero-order valence-electron chi connectivity index (χ0n) is 21.9. The molecule has 37 heavy (non-hydrogen) atoms. The van der Waals surface area contributed by atoms with Crippen LogP contribution in [0, 0.1) is 0 Å². The van der Waals surface area contributed by atoms with Gasteiger partial charge in [-0.2, -0.15) is 10.3 Å². The van der Waals surface area contributed by atoms with E-state index >= 15 is 0 Å². The molecule has 0 amide bonds. The average Bonchev–Trinajstić information content (AvgIpc) is 3.47. The fourth-order valence-electron chi connectivity index (χ4n) is 5.29. The van der Waals surface area contributed by atoms with E-state index < -0.39 is 0 Å². The highest BCUT2D eigenvalue weighted by molar-refractivity contribution is 5.67. The number of benzene rings is 1. The van der Waals surface area contributed by atoms with E-state index in [-0.39, 0.29) is 6.10 Å². The third-order valence-electron chi connectivity index (χ3n) is 7.50. The van der Waals surface area contributed by atoms with Gasteiger partial charge in [-0.3, -0.25) is 0 Å². The van der Waals surface area contributed by atoms with E-state index in [0.29, 0.717) is 12.0 Å². The van der Waals surface area contributed by atoms with Gasteiger partial charge in [0.1, 0.15) is 11.9 Å². The molecule has 3 heterocycles. The molecule has 1 aliphatic heterocycles. The highest BCUT2D eigenvalue weighted by Crippen LogP contribution is 2.30. The van der Waals surface area contributed by atoms with Crippen molar-refractivity contribution >= 4 is 0 Å². The second-order valence-corrected chi connectivity index (χ2v) is 10.3. The summed E-state index contributed by atoms with van der Waals surface area (Å²) in [6, 6.07) is 10.6. The molecule has 5 rings (SSSR count). The van der Waals surface area contributed by atoms with E-state index in [9.17, 15) is 0 Å². The van der Waals surface area contributed by atoms with Gasteiger partial charge in [-0.1, -0.05) is 37.1 Å². The molecular formula is C28H39N7O2. The van der Waals surface area contributed by atoms with Crippen molar-refractivity contribution in [2.75, 3.05) is 19.6 Å². The third-order valence-corrected chi connectivity index (χ3v) is 7.50. The molecule has 2 fully saturated rings. The maximum absolute atomic E-state index is 6.34. The number of ether oxygens (including phenoxy) is 2. The van der Waals surface area contributed by atoms with E-state index in [0.717, 1.165) is 99.4 Å². The van der Waals surface area contributed by atoms with Crippen LogP contribution in [-0.4, -0.2) is 67.6 Å². The lowest BCUT2D eigenvalue weighted by Gasteiger charge is -2.31. The van der Waals surface area contributed by atoms with Crippen LogP contribution in [-0.2, 0) is 12.8 Å². The first-order valence-corrected chi connectivity index (χ1v) is 14.0. The standard InChI is InChI=1S/C28H39N7O2/c1-2-3-9-26-25(21-10-12-23(13-11-21)36-22-7-5-4-6-8-22)20-28(32-29-26)37-24-14-17-35(18-15-24)19-16-27-30-33-34-31-27/h10-13,20,22,24H,2-9,14-19H2,1H3,(H,30,31,33,34). The molecule has 0 radical (unpaired) electrons. The summed E-state index contributed by atoms with van der Waals surface area (Å²) in [6.07, 6.45) is 12.6. The number of likely N-dealkylation sites (tertiary alicyclic amines) is 1. The van der Waals surface area contributed by atoms with Crippen LogP contribution >= 0.6 is 0 Å². The number of hydrogen-bond donors (Lipinski definition) is 1. The van der Waals surface area contributed by atoms with Gasteiger partial charge in [-0.05, 0) is 69.1 Å². The van der Waals surface area contributed by atoms with Crippen molar-refractivity contribution in [1.82, 2.24) is 35.7 Å². The topological polar surface area (TPSA) is 102 Å². The Labute approximate surface area is 219 Å². The first-order valence-electron chi connectivity index (χ1n) is 14.0. The zero-order chi connectivity index (χ0) is 25.3. The molecular weight excluding hydrogens is 466 g/mol. The number of nitrogens with one attached hydrogen (secondary N) is 1. The van der Waals surface area contributed by atoms with E-state index in [1.807, 2.05) is 0 Å². The number of tetrazole rings is 1. The van der Waals surface area contributed by atoms with Crippen molar-refractivity contribution in [2.45, 2.75) is 89.8 Å². The quantitative estimate of drug-likeness (QED) is 0.397. The summed E-state index contributed by atoms with van der Waals surface area (Å²) in [6.45, 7) is 5.11. The minimum absolute atomic E-state index is 0.149. The molecule has 9 nitrogen and oxygen atoms in total. The van der Waals surface area contributed by atoms with Gasteiger partial charge in [0.15, 0.2) is 5.82 Å². The van der Waals surface area contributed by atoms with Crippen LogP contribution in [0.2, 0.25) is 0 Å². The Balaban J connectivity index is 1.21. The van der Waals surface area contributed by atoms with Crippen molar-refractivity contribution in [2.24, 2.45) is 0 Å². The highest BCUT2D eigenvalue weighted by Gasteiger charge is 2.22. The number of hydrogen-bond acceptors (Lipinski definition) is 8. The fraction of sp³-hybridized carbons (Fsp3) is 0.607. The number of rotatable bonds is 11. The number of aryl methyl sites for hydroxylation is 1. The maximum Gasteiger partial charge on any atom is 0.234 e. The average molecular weight is 506 g/mol. The number of aromatic nitrogens is 6. The zero-order valence-corrected chi connectivity index (χ0v) is 21.9. The van der Waals surface area contributed by atoms with Crippen molar-refractivity contribution in [3.63, 3.8) is 0 Å². The highest BCUT2D eigenvalue weighted by atomic mass is 16.5. The molecule has 1 N–H and O–H groups in total. The Morgan fingerprint density at radius 2 is 1.68 bits per heavy atom. The normalized spacial score (nSPS) is 17.6. The van der Waals surface area contributed by atoms with E-state index in [4.69, 9.17) is 9.47 Å². The van der Waals surface area contributed by atoms with Crippen LogP contribution in [0.1, 0.15) is 76.2 Å². The second kappa shape index (κ2) is 12.9.